The topological polar surface area (TPSA) is 69.6 Å². The average Bonchev–Trinajstić information content (AvgIpc) is 2.24. The van der Waals surface area contributed by atoms with Crippen LogP contribution in [0, 0.1) is 5.92 Å². The first-order chi connectivity index (χ1) is 7.57. The van der Waals surface area contributed by atoms with Gasteiger partial charge in [-0.2, -0.15) is 0 Å². The Morgan fingerprint density at radius 2 is 2.19 bits per heavy atom. The molecule has 2 atom stereocenters. The van der Waals surface area contributed by atoms with Crippen LogP contribution in [-0.4, -0.2) is 41.1 Å². The monoisotopic (exact) mass is 228 g/mol. The number of urea groups is 1. The van der Waals surface area contributed by atoms with Crippen molar-refractivity contribution >= 4 is 12.0 Å². The summed E-state index contributed by atoms with van der Waals surface area (Å²) < 4.78 is 0. The number of nitrogens with one attached hydrogen (secondary N) is 1. The fourth-order valence-corrected chi connectivity index (χ4v) is 2.13. The maximum atomic E-state index is 11.8. The van der Waals surface area contributed by atoms with E-state index in [2.05, 4.69) is 5.32 Å². The third-order valence-electron chi connectivity index (χ3n) is 2.97. The summed E-state index contributed by atoms with van der Waals surface area (Å²) in [6.45, 7) is 4.98. The summed E-state index contributed by atoms with van der Waals surface area (Å²) in [4.78, 5) is 24.4. The first-order valence-corrected chi connectivity index (χ1v) is 5.85. The second-order valence-electron chi connectivity index (χ2n) is 4.33. The van der Waals surface area contributed by atoms with E-state index in [-0.39, 0.29) is 11.9 Å². The molecule has 0 aromatic rings. The number of rotatable bonds is 3. The molecule has 1 fully saturated rings. The second-order valence-corrected chi connectivity index (χ2v) is 4.33. The van der Waals surface area contributed by atoms with Crippen molar-refractivity contribution in [2.24, 2.45) is 5.92 Å². The van der Waals surface area contributed by atoms with Crippen LogP contribution in [-0.2, 0) is 4.79 Å². The van der Waals surface area contributed by atoms with Crippen LogP contribution in [0.25, 0.3) is 0 Å². The van der Waals surface area contributed by atoms with Crippen molar-refractivity contribution in [1.29, 1.82) is 0 Å². The zero-order valence-electron chi connectivity index (χ0n) is 9.90. The number of piperidine rings is 1. The smallest absolute Gasteiger partial charge is 0.326 e. The normalized spacial score (nSPS) is 25.2. The summed E-state index contributed by atoms with van der Waals surface area (Å²) in [6.07, 6.45) is 2.60. The lowest BCUT2D eigenvalue weighted by molar-refractivity contribution is -0.145. The van der Waals surface area contributed by atoms with Gasteiger partial charge in [0, 0.05) is 13.1 Å². The lowest BCUT2D eigenvalue weighted by Gasteiger charge is -2.37. The lowest BCUT2D eigenvalue weighted by atomic mass is 9.91. The van der Waals surface area contributed by atoms with Crippen molar-refractivity contribution in [3.63, 3.8) is 0 Å². The van der Waals surface area contributed by atoms with E-state index in [9.17, 15) is 9.59 Å². The molecule has 0 spiro atoms. The first kappa shape index (κ1) is 12.8. The van der Waals surface area contributed by atoms with Gasteiger partial charge in [0.2, 0.25) is 0 Å². The average molecular weight is 228 g/mol. The Labute approximate surface area is 95.8 Å². The number of hydrogen-bond donors (Lipinski definition) is 2. The van der Waals surface area contributed by atoms with Crippen molar-refractivity contribution in [1.82, 2.24) is 10.2 Å². The highest BCUT2D eigenvalue weighted by Gasteiger charge is 2.36. The molecule has 0 radical (unpaired) electrons. The molecule has 16 heavy (non-hydrogen) atoms. The number of carboxylic acids is 1. The molecule has 5 nitrogen and oxygen atoms in total. The molecule has 1 aliphatic rings. The molecular weight excluding hydrogens is 208 g/mol. The van der Waals surface area contributed by atoms with E-state index < -0.39 is 12.0 Å². The van der Waals surface area contributed by atoms with Gasteiger partial charge in [-0.1, -0.05) is 13.8 Å². The van der Waals surface area contributed by atoms with E-state index in [1.54, 1.807) is 0 Å². The maximum Gasteiger partial charge on any atom is 0.326 e. The van der Waals surface area contributed by atoms with Crippen LogP contribution in [0.1, 0.15) is 33.1 Å². The van der Waals surface area contributed by atoms with Gasteiger partial charge in [0.25, 0.3) is 0 Å². The number of nitrogens with zero attached hydrogens (tertiary/aromatic N) is 1. The van der Waals surface area contributed by atoms with Crippen LogP contribution >= 0.6 is 0 Å². The number of carbonyl (C=O) groups excluding carboxylic acids is 1. The van der Waals surface area contributed by atoms with Crippen LogP contribution in [0.4, 0.5) is 4.79 Å². The highest BCUT2D eigenvalue weighted by molar-refractivity contribution is 5.83. The standard InChI is InChI=1S/C11H20N2O3/c1-3-6-12-11(16)13-7-4-5-8(2)9(13)10(14)15/h8-9H,3-7H2,1-2H3,(H,12,16)(H,14,15). The van der Waals surface area contributed by atoms with Crippen molar-refractivity contribution in [3.05, 3.63) is 0 Å². The summed E-state index contributed by atoms with van der Waals surface area (Å²) >= 11 is 0. The number of amides is 2. The van der Waals surface area contributed by atoms with E-state index >= 15 is 0 Å². The van der Waals surface area contributed by atoms with Gasteiger partial charge in [0.15, 0.2) is 0 Å². The molecule has 0 bridgehead atoms. The van der Waals surface area contributed by atoms with E-state index in [4.69, 9.17) is 5.11 Å². The van der Waals surface area contributed by atoms with E-state index in [0.29, 0.717) is 13.1 Å². The summed E-state index contributed by atoms with van der Waals surface area (Å²) in [6, 6.07) is -0.925. The van der Waals surface area contributed by atoms with Crippen molar-refractivity contribution in [3.8, 4) is 0 Å². The fourth-order valence-electron chi connectivity index (χ4n) is 2.13. The Kier molecular flexibility index (Phi) is 4.58. The molecule has 2 amide bonds. The number of carbonyl (C=O) groups is 2. The van der Waals surface area contributed by atoms with E-state index in [0.717, 1.165) is 19.3 Å². The SMILES string of the molecule is CCCNC(=O)N1CCCC(C)C1C(=O)O. The van der Waals surface area contributed by atoms with Crippen LogP contribution < -0.4 is 5.32 Å². The zero-order valence-corrected chi connectivity index (χ0v) is 9.90. The molecular formula is C11H20N2O3. The van der Waals surface area contributed by atoms with E-state index in [1.165, 1.54) is 4.90 Å². The Hall–Kier alpha value is -1.26. The number of carboxylic acid groups (broad SMARTS) is 1. The molecule has 1 saturated heterocycles. The van der Waals surface area contributed by atoms with Crippen LogP contribution in [0.3, 0.4) is 0 Å². The maximum absolute atomic E-state index is 11.8. The molecule has 0 saturated carbocycles. The molecule has 0 aromatic carbocycles. The van der Waals surface area contributed by atoms with Crippen LogP contribution in [0.15, 0.2) is 0 Å². The number of hydrogen-bond acceptors (Lipinski definition) is 2. The second kappa shape index (κ2) is 5.72. The molecule has 2 unspecified atom stereocenters. The molecule has 1 aliphatic heterocycles. The van der Waals surface area contributed by atoms with Gasteiger partial charge in [-0.3, -0.25) is 0 Å². The number of aliphatic carboxylic acids is 1. The predicted octanol–water partition coefficient (Wildman–Crippen LogP) is 1.29. The Bertz CT molecular complexity index is 268. The molecule has 92 valence electrons. The summed E-state index contributed by atoms with van der Waals surface area (Å²) in [5.41, 5.74) is 0. The van der Waals surface area contributed by atoms with Gasteiger partial charge in [0.1, 0.15) is 6.04 Å². The van der Waals surface area contributed by atoms with E-state index in [1.807, 2.05) is 13.8 Å². The van der Waals surface area contributed by atoms with Gasteiger partial charge in [-0.15, -0.1) is 0 Å². The third kappa shape index (κ3) is 2.87. The minimum Gasteiger partial charge on any atom is -0.480 e. The molecule has 1 rings (SSSR count). The molecule has 2 N–H and O–H groups in total. The summed E-state index contributed by atoms with van der Waals surface area (Å²) in [5, 5.41) is 11.9. The van der Waals surface area contributed by atoms with Gasteiger partial charge >= 0.3 is 12.0 Å². The van der Waals surface area contributed by atoms with Crippen molar-refractivity contribution in [2.75, 3.05) is 13.1 Å². The van der Waals surface area contributed by atoms with Crippen molar-refractivity contribution in [2.45, 2.75) is 39.2 Å². The minimum atomic E-state index is -0.904. The lowest BCUT2D eigenvalue weighted by Crippen LogP contribution is -2.55. The molecule has 0 aromatic heterocycles. The largest absolute Gasteiger partial charge is 0.480 e. The quantitative estimate of drug-likeness (QED) is 0.764. The summed E-state index contributed by atoms with van der Waals surface area (Å²) in [7, 11) is 0. The van der Waals surface area contributed by atoms with Gasteiger partial charge < -0.3 is 15.3 Å². The van der Waals surface area contributed by atoms with Gasteiger partial charge in [-0.25, -0.2) is 9.59 Å². The number of likely N-dealkylation sites (tertiary alicyclic amines) is 1. The van der Waals surface area contributed by atoms with Crippen molar-refractivity contribution < 1.29 is 14.7 Å². The predicted molar refractivity (Wildman–Crippen MR) is 60.2 cm³/mol. The Morgan fingerprint density at radius 3 is 2.75 bits per heavy atom. The molecule has 0 aliphatic carbocycles. The zero-order chi connectivity index (χ0) is 12.1. The minimum absolute atomic E-state index is 0.0265. The Morgan fingerprint density at radius 1 is 1.50 bits per heavy atom. The van der Waals surface area contributed by atoms with Crippen LogP contribution in [0.5, 0.6) is 0 Å². The highest BCUT2D eigenvalue weighted by Crippen LogP contribution is 2.23. The van der Waals surface area contributed by atoms with Gasteiger partial charge in [0.05, 0.1) is 0 Å². The van der Waals surface area contributed by atoms with Crippen LogP contribution in [0.2, 0.25) is 0 Å². The first-order valence-electron chi connectivity index (χ1n) is 5.85. The third-order valence-corrected chi connectivity index (χ3v) is 2.97. The summed E-state index contributed by atoms with van der Waals surface area (Å²) in [5.74, 6) is -0.877. The van der Waals surface area contributed by atoms with Gasteiger partial charge in [-0.05, 0) is 25.2 Å². The highest BCUT2D eigenvalue weighted by atomic mass is 16.4. The fraction of sp³-hybridized carbons (Fsp3) is 0.818. The molecule has 5 heteroatoms. The molecule has 1 heterocycles. The Balaban J connectivity index is 2.67.